The number of rotatable bonds is 6. The normalized spacial score (nSPS) is 10.8. The first kappa shape index (κ1) is 19.4. The molecule has 0 atom stereocenters. The van der Waals surface area contributed by atoms with E-state index in [1.165, 1.54) is 4.68 Å². The van der Waals surface area contributed by atoms with Crippen LogP contribution in [0.3, 0.4) is 0 Å². The van der Waals surface area contributed by atoms with Crippen LogP contribution in [0.25, 0.3) is 11.6 Å². The first-order chi connectivity index (χ1) is 14.5. The first-order valence-corrected chi connectivity index (χ1v) is 9.64. The highest BCUT2D eigenvalue weighted by Gasteiger charge is 2.20. The summed E-state index contributed by atoms with van der Waals surface area (Å²) in [4.78, 5) is 19.7. The van der Waals surface area contributed by atoms with Crippen molar-refractivity contribution in [2.75, 3.05) is 24.3 Å². The van der Waals surface area contributed by atoms with Crippen molar-refractivity contribution in [2.45, 2.75) is 13.5 Å². The third-order valence-electron chi connectivity index (χ3n) is 4.82. The van der Waals surface area contributed by atoms with E-state index in [4.69, 9.17) is 4.42 Å². The second kappa shape index (κ2) is 8.24. The van der Waals surface area contributed by atoms with Crippen molar-refractivity contribution in [1.82, 2.24) is 14.8 Å². The largest absolute Gasteiger partial charge is 0.461 e. The molecule has 7 nitrogen and oxygen atoms in total. The van der Waals surface area contributed by atoms with Crippen LogP contribution in [-0.2, 0) is 6.54 Å². The van der Waals surface area contributed by atoms with Gasteiger partial charge in [0, 0.05) is 31.9 Å². The minimum absolute atomic E-state index is 0.246. The third-order valence-corrected chi connectivity index (χ3v) is 4.82. The number of benzene rings is 2. The van der Waals surface area contributed by atoms with Crippen molar-refractivity contribution < 1.29 is 9.21 Å². The van der Waals surface area contributed by atoms with E-state index in [0.717, 1.165) is 16.8 Å². The number of nitrogens with zero attached hydrogens (tertiary/aromatic N) is 4. The average molecular weight is 401 g/mol. The molecule has 152 valence electrons. The second-order valence-electron chi connectivity index (χ2n) is 7.18. The van der Waals surface area contributed by atoms with Crippen LogP contribution in [0, 0.1) is 6.92 Å². The predicted molar refractivity (Wildman–Crippen MR) is 117 cm³/mol. The second-order valence-corrected chi connectivity index (χ2v) is 7.18. The van der Waals surface area contributed by atoms with Crippen molar-refractivity contribution >= 4 is 17.5 Å². The van der Waals surface area contributed by atoms with Gasteiger partial charge in [-0.2, -0.15) is 9.67 Å². The Bertz CT molecular complexity index is 1140. The molecule has 0 saturated carbocycles. The highest BCUT2D eigenvalue weighted by molar-refractivity contribution is 5.98. The van der Waals surface area contributed by atoms with Gasteiger partial charge in [-0.3, -0.25) is 4.79 Å². The standard InChI is InChI=1S/C23H23N5O2/c1-16-7-4-5-8-19(16)22(29)28-23(25-21(26-28)20-9-6-14-30-20)24-15-17-10-12-18(13-11-17)27(2)3/h4-14H,15H2,1-3H3,(H,24,25,26). The SMILES string of the molecule is Cc1ccccc1C(=O)n1nc(-c2ccco2)nc1NCc1ccc(N(C)C)cc1. The molecular weight excluding hydrogens is 378 g/mol. The monoisotopic (exact) mass is 401 g/mol. The Kier molecular flexibility index (Phi) is 5.34. The predicted octanol–water partition coefficient (Wildman–Crippen LogP) is 4.21. The Morgan fingerprint density at radius 2 is 1.83 bits per heavy atom. The summed E-state index contributed by atoms with van der Waals surface area (Å²) in [5.74, 6) is 0.979. The zero-order valence-electron chi connectivity index (χ0n) is 17.2. The number of carbonyl (C=O) groups excluding carboxylic acids is 1. The van der Waals surface area contributed by atoms with E-state index in [-0.39, 0.29) is 5.91 Å². The minimum atomic E-state index is -0.246. The maximum absolute atomic E-state index is 13.2. The van der Waals surface area contributed by atoms with Crippen molar-refractivity contribution in [3.8, 4) is 11.6 Å². The van der Waals surface area contributed by atoms with Crippen molar-refractivity contribution in [1.29, 1.82) is 0 Å². The highest BCUT2D eigenvalue weighted by Crippen LogP contribution is 2.21. The lowest BCUT2D eigenvalue weighted by Gasteiger charge is -2.13. The van der Waals surface area contributed by atoms with Crippen LogP contribution in [0.2, 0.25) is 0 Å². The van der Waals surface area contributed by atoms with E-state index >= 15 is 0 Å². The number of nitrogens with one attached hydrogen (secondary N) is 1. The molecule has 4 aromatic rings. The van der Waals surface area contributed by atoms with E-state index in [0.29, 0.717) is 29.6 Å². The van der Waals surface area contributed by atoms with Crippen molar-refractivity contribution in [2.24, 2.45) is 0 Å². The fourth-order valence-corrected chi connectivity index (χ4v) is 3.10. The average Bonchev–Trinajstić information content (AvgIpc) is 3.42. The molecule has 7 heteroatoms. The molecule has 0 spiro atoms. The summed E-state index contributed by atoms with van der Waals surface area (Å²) in [6.07, 6.45) is 1.55. The number of aryl methyl sites for hydroxylation is 1. The van der Waals surface area contributed by atoms with E-state index in [1.54, 1.807) is 24.5 Å². The van der Waals surface area contributed by atoms with E-state index in [2.05, 4.69) is 27.5 Å². The summed E-state index contributed by atoms with van der Waals surface area (Å²) < 4.78 is 6.71. The van der Waals surface area contributed by atoms with Gasteiger partial charge in [-0.15, -0.1) is 5.10 Å². The van der Waals surface area contributed by atoms with Crippen LogP contribution in [0.5, 0.6) is 0 Å². The molecule has 0 aliphatic rings. The quantitative estimate of drug-likeness (QED) is 0.521. The Morgan fingerprint density at radius 3 is 2.50 bits per heavy atom. The van der Waals surface area contributed by atoms with Gasteiger partial charge in [0.25, 0.3) is 5.91 Å². The summed E-state index contributed by atoms with van der Waals surface area (Å²) in [7, 11) is 4.01. The maximum atomic E-state index is 13.2. The topological polar surface area (TPSA) is 76.2 Å². The molecule has 0 bridgehead atoms. The van der Waals surface area contributed by atoms with Gasteiger partial charge in [-0.05, 0) is 48.4 Å². The lowest BCUT2D eigenvalue weighted by atomic mass is 10.1. The molecule has 2 heterocycles. The zero-order chi connectivity index (χ0) is 21.1. The van der Waals surface area contributed by atoms with Crippen LogP contribution >= 0.6 is 0 Å². The van der Waals surface area contributed by atoms with Gasteiger partial charge in [0.15, 0.2) is 5.76 Å². The smallest absolute Gasteiger partial charge is 0.281 e. The van der Waals surface area contributed by atoms with E-state index in [1.807, 2.05) is 56.3 Å². The van der Waals surface area contributed by atoms with Gasteiger partial charge in [0.2, 0.25) is 11.8 Å². The molecule has 0 unspecified atom stereocenters. The number of hydrogen-bond donors (Lipinski definition) is 1. The Labute approximate surface area is 175 Å². The lowest BCUT2D eigenvalue weighted by Crippen LogP contribution is -2.18. The van der Waals surface area contributed by atoms with Gasteiger partial charge in [0.1, 0.15) is 0 Å². The fraction of sp³-hybridized carbons (Fsp3) is 0.174. The number of furan rings is 1. The number of aromatic nitrogens is 3. The lowest BCUT2D eigenvalue weighted by molar-refractivity contribution is 0.0947. The first-order valence-electron chi connectivity index (χ1n) is 9.64. The van der Waals surface area contributed by atoms with E-state index < -0.39 is 0 Å². The van der Waals surface area contributed by atoms with Gasteiger partial charge in [-0.25, -0.2) is 0 Å². The summed E-state index contributed by atoms with van der Waals surface area (Å²) in [6.45, 7) is 2.40. The van der Waals surface area contributed by atoms with Crippen molar-refractivity contribution in [3.05, 3.63) is 83.6 Å². The molecule has 1 N–H and O–H groups in total. The summed E-state index contributed by atoms with van der Waals surface area (Å²) in [6, 6.07) is 19.1. The molecule has 0 radical (unpaired) electrons. The molecular formula is C23H23N5O2. The van der Waals surface area contributed by atoms with Crippen LogP contribution < -0.4 is 10.2 Å². The Balaban J connectivity index is 1.64. The number of carbonyl (C=O) groups is 1. The molecule has 0 aliphatic carbocycles. The third kappa shape index (κ3) is 3.96. The summed E-state index contributed by atoms with van der Waals surface area (Å²) in [5, 5.41) is 7.66. The highest BCUT2D eigenvalue weighted by atomic mass is 16.3. The molecule has 4 rings (SSSR count). The van der Waals surface area contributed by atoms with Gasteiger partial charge < -0.3 is 14.6 Å². The Hall–Kier alpha value is -3.87. The summed E-state index contributed by atoms with van der Waals surface area (Å²) >= 11 is 0. The van der Waals surface area contributed by atoms with Gasteiger partial charge in [-0.1, -0.05) is 30.3 Å². The molecule has 0 saturated heterocycles. The van der Waals surface area contributed by atoms with Crippen LogP contribution in [0.4, 0.5) is 11.6 Å². The van der Waals surface area contributed by atoms with Crippen LogP contribution in [0.15, 0.2) is 71.3 Å². The number of hydrogen-bond acceptors (Lipinski definition) is 6. The van der Waals surface area contributed by atoms with Gasteiger partial charge in [0.05, 0.1) is 6.26 Å². The molecule has 30 heavy (non-hydrogen) atoms. The molecule has 0 fully saturated rings. The minimum Gasteiger partial charge on any atom is -0.461 e. The van der Waals surface area contributed by atoms with Crippen LogP contribution in [-0.4, -0.2) is 34.8 Å². The zero-order valence-corrected chi connectivity index (χ0v) is 17.2. The maximum Gasteiger partial charge on any atom is 0.281 e. The fourth-order valence-electron chi connectivity index (χ4n) is 3.10. The van der Waals surface area contributed by atoms with Gasteiger partial charge >= 0.3 is 0 Å². The number of anilines is 2. The molecule has 0 aliphatic heterocycles. The summed E-state index contributed by atoms with van der Waals surface area (Å²) in [5.41, 5.74) is 3.64. The Morgan fingerprint density at radius 1 is 1.07 bits per heavy atom. The van der Waals surface area contributed by atoms with Crippen LogP contribution in [0.1, 0.15) is 21.5 Å². The molecule has 2 aromatic carbocycles. The molecule has 2 aromatic heterocycles. The molecule has 0 amide bonds. The van der Waals surface area contributed by atoms with E-state index in [9.17, 15) is 4.79 Å². The van der Waals surface area contributed by atoms with Crippen molar-refractivity contribution in [3.63, 3.8) is 0 Å².